The van der Waals surface area contributed by atoms with Crippen molar-refractivity contribution in [2.75, 3.05) is 0 Å². The molecule has 88 valence electrons. The second kappa shape index (κ2) is 11.7. The molecule has 0 saturated heterocycles. The summed E-state index contributed by atoms with van der Waals surface area (Å²) in [4.78, 5) is 10.2. The summed E-state index contributed by atoms with van der Waals surface area (Å²) < 4.78 is 0. The van der Waals surface area contributed by atoms with Gasteiger partial charge in [0.2, 0.25) is 0 Å². The highest BCUT2D eigenvalue weighted by atomic mass is 16.4. The van der Waals surface area contributed by atoms with E-state index in [1.165, 1.54) is 19.3 Å². The Hall–Kier alpha value is -1.41. The third kappa shape index (κ3) is 12.6. The lowest BCUT2D eigenvalue weighted by Crippen LogP contribution is -1.92. The largest absolute Gasteiger partial charge is 0.481 e. The Kier molecular flexibility index (Phi) is 10.6. The quantitative estimate of drug-likeness (QED) is 0.528. The number of carboxylic acid groups (broad SMARTS) is 1. The number of rotatable bonds is 7. The van der Waals surface area contributed by atoms with Crippen LogP contribution in [0.15, 0.2) is 0 Å². The molecule has 16 heavy (non-hydrogen) atoms. The minimum absolute atomic E-state index is 0.194. The van der Waals surface area contributed by atoms with E-state index in [0.717, 1.165) is 12.8 Å². The van der Waals surface area contributed by atoms with Crippen LogP contribution in [-0.2, 0) is 4.79 Å². The lowest BCUT2D eigenvalue weighted by Gasteiger charge is -1.90. The van der Waals surface area contributed by atoms with E-state index in [1.54, 1.807) is 0 Å². The van der Waals surface area contributed by atoms with Crippen LogP contribution in [0.4, 0.5) is 0 Å². The molecule has 0 aromatic carbocycles. The van der Waals surface area contributed by atoms with Crippen LogP contribution in [0, 0.1) is 23.7 Å². The molecule has 0 aliphatic heterocycles. The highest BCUT2D eigenvalue weighted by Crippen LogP contribution is 2.00. The standard InChI is InChI=1S/C14H20O2/c1-2-3-4-5-6-7-8-9-10-11-12-13-14(15)16/h2-6,11-13H2,1H3,(H,15,16). The summed E-state index contributed by atoms with van der Waals surface area (Å²) >= 11 is 0. The molecule has 0 radical (unpaired) electrons. The van der Waals surface area contributed by atoms with E-state index in [9.17, 15) is 4.79 Å². The normalized spacial score (nSPS) is 8.56. The predicted octanol–water partition coefficient (Wildman–Crippen LogP) is 3.22. The molecule has 0 aliphatic carbocycles. The third-order valence-corrected chi connectivity index (χ3v) is 2.09. The lowest BCUT2D eigenvalue weighted by atomic mass is 10.2. The van der Waals surface area contributed by atoms with E-state index in [-0.39, 0.29) is 6.42 Å². The maximum absolute atomic E-state index is 10.2. The predicted molar refractivity (Wildman–Crippen MR) is 65.8 cm³/mol. The van der Waals surface area contributed by atoms with Gasteiger partial charge in [0, 0.05) is 19.3 Å². The zero-order valence-corrected chi connectivity index (χ0v) is 10.0. The number of hydrogen-bond donors (Lipinski definition) is 1. The van der Waals surface area contributed by atoms with E-state index in [1.807, 2.05) is 0 Å². The Morgan fingerprint density at radius 1 is 1.00 bits per heavy atom. The minimum atomic E-state index is -0.760. The van der Waals surface area contributed by atoms with Gasteiger partial charge in [0.1, 0.15) is 0 Å². The third-order valence-electron chi connectivity index (χ3n) is 2.09. The van der Waals surface area contributed by atoms with Gasteiger partial charge >= 0.3 is 5.97 Å². The van der Waals surface area contributed by atoms with E-state index < -0.39 is 5.97 Å². The molecule has 0 bridgehead atoms. The molecule has 0 heterocycles. The number of unbranched alkanes of at least 4 members (excludes halogenated alkanes) is 5. The van der Waals surface area contributed by atoms with Crippen LogP contribution in [0.25, 0.3) is 0 Å². The SMILES string of the molecule is CCCCCCC#CC#CCCCC(=O)O. The van der Waals surface area contributed by atoms with Crippen LogP contribution in [0.2, 0.25) is 0 Å². The Balaban J connectivity index is 3.37. The van der Waals surface area contributed by atoms with Gasteiger partial charge in [-0.1, -0.05) is 38.0 Å². The molecule has 0 amide bonds. The number of carboxylic acids is 1. The monoisotopic (exact) mass is 220 g/mol. The van der Waals surface area contributed by atoms with Gasteiger partial charge in [-0.2, -0.15) is 0 Å². The average Bonchev–Trinajstić information content (AvgIpc) is 2.25. The van der Waals surface area contributed by atoms with Crippen LogP contribution in [0.5, 0.6) is 0 Å². The topological polar surface area (TPSA) is 37.3 Å². The van der Waals surface area contributed by atoms with Crippen LogP contribution < -0.4 is 0 Å². The highest BCUT2D eigenvalue weighted by molar-refractivity contribution is 5.66. The van der Waals surface area contributed by atoms with Crippen molar-refractivity contribution in [1.82, 2.24) is 0 Å². The van der Waals surface area contributed by atoms with Gasteiger partial charge in [0.15, 0.2) is 0 Å². The molecule has 0 rings (SSSR count). The molecule has 0 aromatic heterocycles. The second-order valence-electron chi connectivity index (χ2n) is 3.66. The van der Waals surface area contributed by atoms with Gasteiger partial charge in [-0.05, 0) is 24.7 Å². The summed E-state index contributed by atoms with van der Waals surface area (Å²) in [5.74, 6) is 10.6. The minimum Gasteiger partial charge on any atom is -0.481 e. The zero-order chi connectivity index (χ0) is 12.1. The first-order valence-electron chi connectivity index (χ1n) is 5.95. The number of carbonyl (C=O) groups is 1. The lowest BCUT2D eigenvalue weighted by molar-refractivity contribution is -0.137. The maximum atomic E-state index is 10.2. The van der Waals surface area contributed by atoms with Gasteiger partial charge in [-0.3, -0.25) is 4.79 Å². The van der Waals surface area contributed by atoms with Crippen molar-refractivity contribution >= 4 is 5.97 Å². The molecule has 2 nitrogen and oxygen atoms in total. The fourth-order valence-corrected chi connectivity index (χ4v) is 1.18. The summed E-state index contributed by atoms with van der Waals surface area (Å²) in [6, 6.07) is 0. The molecule has 0 aromatic rings. The fourth-order valence-electron chi connectivity index (χ4n) is 1.18. The molecule has 0 spiro atoms. The zero-order valence-electron chi connectivity index (χ0n) is 10.0. The molecule has 0 atom stereocenters. The molecule has 0 fully saturated rings. The molecule has 0 unspecified atom stereocenters. The van der Waals surface area contributed by atoms with Crippen molar-refractivity contribution in [1.29, 1.82) is 0 Å². The summed E-state index contributed by atoms with van der Waals surface area (Å²) in [5, 5.41) is 8.38. The van der Waals surface area contributed by atoms with Crippen molar-refractivity contribution in [3.8, 4) is 23.7 Å². The van der Waals surface area contributed by atoms with E-state index in [0.29, 0.717) is 12.8 Å². The van der Waals surface area contributed by atoms with Crippen LogP contribution >= 0.6 is 0 Å². The van der Waals surface area contributed by atoms with Crippen LogP contribution in [-0.4, -0.2) is 11.1 Å². The summed E-state index contributed by atoms with van der Waals surface area (Å²) in [6.07, 6.45) is 7.28. The first kappa shape index (κ1) is 14.6. The fraction of sp³-hybridized carbons (Fsp3) is 0.643. The van der Waals surface area contributed by atoms with Gasteiger partial charge in [0.25, 0.3) is 0 Å². The summed E-state index contributed by atoms with van der Waals surface area (Å²) in [6.45, 7) is 2.19. The van der Waals surface area contributed by atoms with Crippen molar-refractivity contribution in [2.45, 2.75) is 58.3 Å². The molecular formula is C14H20O2. The second-order valence-corrected chi connectivity index (χ2v) is 3.66. The van der Waals surface area contributed by atoms with Crippen LogP contribution in [0.1, 0.15) is 58.3 Å². The first-order chi connectivity index (χ1) is 7.77. The summed E-state index contributed by atoms with van der Waals surface area (Å²) in [7, 11) is 0. The van der Waals surface area contributed by atoms with Crippen molar-refractivity contribution in [2.24, 2.45) is 0 Å². The average molecular weight is 220 g/mol. The smallest absolute Gasteiger partial charge is 0.303 e. The Morgan fingerprint density at radius 2 is 1.62 bits per heavy atom. The van der Waals surface area contributed by atoms with Crippen molar-refractivity contribution in [3.05, 3.63) is 0 Å². The van der Waals surface area contributed by atoms with Crippen molar-refractivity contribution < 1.29 is 9.90 Å². The molecular weight excluding hydrogens is 200 g/mol. The van der Waals surface area contributed by atoms with Gasteiger partial charge in [-0.15, -0.1) is 0 Å². The highest BCUT2D eigenvalue weighted by Gasteiger charge is 1.92. The molecule has 1 N–H and O–H groups in total. The molecule has 0 saturated carbocycles. The van der Waals surface area contributed by atoms with E-state index in [4.69, 9.17) is 5.11 Å². The Labute approximate surface area is 98.4 Å². The van der Waals surface area contributed by atoms with E-state index >= 15 is 0 Å². The summed E-state index contributed by atoms with van der Waals surface area (Å²) in [5.41, 5.74) is 0. The van der Waals surface area contributed by atoms with Gasteiger partial charge in [0.05, 0.1) is 0 Å². The van der Waals surface area contributed by atoms with E-state index in [2.05, 4.69) is 30.6 Å². The Bertz CT molecular complexity index is 296. The van der Waals surface area contributed by atoms with Crippen LogP contribution in [0.3, 0.4) is 0 Å². The first-order valence-corrected chi connectivity index (χ1v) is 5.95. The van der Waals surface area contributed by atoms with Gasteiger partial charge in [-0.25, -0.2) is 0 Å². The van der Waals surface area contributed by atoms with Crippen molar-refractivity contribution in [3.63, 3.8) is 0 Å². The van der Waals surface area contributed by atoms with Gasteiger partial charge < -0.3 is 5.11 Å². The molecule has 2 heteroatoms. The number of aliphatic carboxylic acids is 1. The molecule has 0 aliphatic rings. The number of hydrogen-bond acceptors (Lipinski definition) is 1. The Morgan fingerprint density at radius 3 is 2.19 bits per heavy atom. The maximum Gasteiger partial charge on any atom is 0.303 e.